The normalized spacial score (nSPS) is 14.7. The van der Waals surface area contributed by atoms with Crippen molar-refractivity contribution < 1.29 is 14.3 Å². The quantitative estimate of drug-likeness (QED) is 0.405. The second-order valence-corrected chi connectivity index (χ2v) is 10.4. The lowest BCUT2D eigenvalue weighted by atomic mass is 9.95. The average Bonchev–Trinajstić information content (AvgIpc) is 3.50. The number of nitrogens with zero attached hydrogens (tertiary/aromatic N) is 4. The van der Waals surface area contributed by atoms with Gasteiger partial charge in [0.2, 0.25) is 5.91 Å². The first kappa shape index (κ1) is 23.8. The number of aromatic nitrogens is 3. The van der Waals surface area contributed by atoms with Gasteiger partial charge < -0.3 is 15.0 Å². The van der Waals surface area contributed by atoms with E-state index in [-0.39, 0.29) is 11.8 Å². The van der Waals surface area contributed by atoms with Crippen molar-refractivity contribution >= 4 is 39.9 Å². The summed E-state index contributed by atoms with van der Waals surface area (Å²) in [6, 6.07) is 15.4. The summed E-state index contributed by atoms with van der Waals surface area (Å²) < 4.78 is 7.23. The number of thiazole rings is 1. The van der Waals surface area contributed by atoms with Crippen LogP contribution < -0.4 is 5.32 Å². The molecule has 0 atom stereocenters. The van der Waals surface area contributed by atoms with E-state index in [1.165, 1.54) is 18.3 Å². The summed E-state index contributed by atoms with van der Waals surface area (Å²) in [7, 11) is 0. The standard InChI is InChI=1S/C27H24ClN5O3S/c1-16(34)29-27-30-21-9-8-19-23(17-5-3-2-4-6-17)31-33(24(19)25(21)37-27)22-10-7-18(15-20(22)28)26(35)32-11-13-36-14-12-32/h2-7,10,15H,8-9,11-14H2,1H3,(H,29,30,34). The summed E-state index contributed by atoms with van der Waals surface area (Å²) in [4.78, 5) is 32.1. The smallest absolute Gasteiger partial charge is 0.254 e. The maximum Gasteiger partial charge on any atom is 0.254 e. The second kappa shape index (κ2) is 9.74. The van der Waals surface area contributed by atoms with E-state index in [0.29, 0.717) is 47.7 Å². The largest absolute Gasteiger partial charge is 0.378 e. The van der Waals surface area contributed by atoms with Crippen LogP contribution in [0.5, 0.6) is 0 Å². The summed E-state index contributed by atoms with van der Waals surface area (Å²) in [6.07, 6.45) is 1.52. The van der Waals surface area contributed by atoms with Gasteiger partial charge >= 0.3 is 0 Å². The Morgan fingerprint density at radius 2 is 1.86 bits per heavy atom. The molecular formula is C27H24ClN5O3S. The molecule has 37 heavy (non-hydrogen) atoms. The zero-order valence-electron chi connectivity index (χ0n) is 20.2. The first-order chi connectivity index (χ1) is 18.0. The van der Waals surface area contributed by atoms with Crippen LogP contribution in [0.3, 0.4) is 0 Å². The highest BCUT2D eigenvalue weighted by atomic mass is 35.5. The number of ether oxygens (including phenoxy) is 1. The minimum Gasteiger partial charge on any atom is -0.378 e. The fourth-order valence-electron chi connectivity index (χ4n) is 4.84. The van der Waals surface area contributed by atoms with Gasteiger partial charge in [0, 0.05) is 36.7 Å². The van der Waals surface area contributed by atoms with Crippen LogP contribution in [-0.4, -0.2) is 57.8 Å². The van der Waals surface area contributed by atoms with Crippen LogP contribution in [0.2, 0.25) is 5.02 Å². The molecule has 188 valence electrons. The number of benzene rings is 2. The van der Waals surface area contributed by atoms with Gasteiger partial charge in [-0.05, 0) is 31.0 Å². The summed E-state index contributed by atoms with van der Waals surface area (Å²) in [6.45, 7) is 3.68. The van der Waals surface area contributed by atoms with Crippen molar-refractivity contribution in [1.29, 1.82) is 0 Å². The molecule has 6 rings (SSSR count). The second-order valence-electron chi connectivity index (χ2n) is 9.00. The summed E-state index contributed by atoms with van der Waals surface area (Å²) in [5.74, 6) is -0.220. The van der Waals surface area contributed by atoms with Gasteiger partial charge in [0.25, 0.3) is 5.91 Å². The van der Waals surface area contributed by atoms with Gasteiger partial charge in [-0.15, -0.1) is 0 Å². The van der Waals surface area contributed by atoms with E-state index in [1.807, 2.05) is 41.1 Å². The van der Waals surface area contributed by atoms with Crippen molar-refractivity contribution in [1.82, 2.24) is 19.7 Å². The number of nitrogens with one attached hydrogen (secondary N) is 1. The van der Waals surface area contributed by atoms with Crippen molar-refractivity contribution in [3.63, 3.8) is 0 Å². The molecule has 8 nitrogen and oxygen atoms in total. The number of aryl methyl sites for hydroxylation is 1. The number of anilines is 1. The van der Waals surface area contributed by atoms with E-state index in [1.54, 1.807) is 17.0 Å². The number of hydrogen-bond donors (Lipinski definition) is 1. The molecule has 0 spiro atoms. The Balaban J connectivity index is 1.47. The number of fused-ring (bicyclic) bond motifs is 3. The van der Waals surface area contributed by atoms with Crippen molar-refractivity contribution in [2.24, 2.45) is 0 Å². The maximum atomic E-state index is 13.0. The number of carbonyl (C=O) groups is 2. The Bertz CT molecular complexity index is 1510. The number of morpholine rings is 1. The third-order valence-electron chi connectivity index (χ3n) is 6.56. The Hall–Kier alpha value is -3.53. The Morgan fingerprint density at radius 1 is 1.08 bits per heavy atom. The number of amides is 2. The highest BCUT2D eigenvalue weighted by Gasteiger charge is 2.30. The van der Waals surface area contributed by atoms with Gasteiger partial charge in [-0.25, -0.2) is 9.67 Å². The Kier molecular flexibility index (Phi) is 6.27. The molecule has 1 saturated heterocycles. The van der Waals surface area contributed by atoms with E-state index in [2.05, 4.69) is 10.3 Å². The van der Waals surface area contributed by atoms with Crippen molar-refractivity contribution in [2.45, 2.75) is 19.8 Å². The van der Waals surface area contributed by atoms with Crippen LogP contribution in [0.25, 0.3) is 27.5 Å². The molecule has 1 aliphatic heterocycles. The van der Waals surface area contributed by atoms with Gasteiger partial charge in [-0.2, -0.15) is 5.10 Å². The fraction of sp³-hybridized carbons (Fsp3) is 0.259. The van der Waals surface area contributed by atoms with Gasteiger partial charge in [-0.3, -0.25) is 9.59 Å². The molecule has 1 N–H and O–H groups in total. The molecule has 2 aromatic heterocycles. The van der Waals surface area contributed by atoms with Gasteiger partial charge in [0.05, 0.1) is 45.9 Å². The average molecular weight is 534 g/mol. The lowest BCUT2D eigenvalue weighted by Crippen LogP contribution is -2.40. The number of rotatable bonds is 4. The molecule has 0 saturated carbocycles. The zero-order chi connectivity index (χ0) is 25.5. The van der Waals surface area contributed by atoms with Crippen molar-refractivity contribution in [3.05, 3.63) is 70.4 Å². The van der Waals surface area contributed by atoms with Gasteiger partial charge in [-0.1, -0.05) is 53.3 Å². The molecule has 2 amide bonds. The minimum absolute atomic E-state index is 0.0612. The minimum atomic E-state index is -0.159. The molecule has 0 bridgehead atoms. The zero-order valence-corrected chi connectivity index (χ0v) is 21.7. The molecular weight excluding hydrogens is 510 g/mol. The van der Waals surface area contributed by atoms with Crippen LogP contribution in [0.15, 0.2) is 48.5 Å². The van der Waals surface area contributed by atoms with Crippen molar-refractivity contribution in [3.8, 4) is 27.5 Å². The third kappa shape index (κ3) is 4.43. The first-order valence-electron chi connectivity index (χ1n) is 12.1. The topological polar surface area (TPSA) is 89.3 Å². The molecule has 1 aliphatic carbocycles. The van der Waals surface area contributed by atoms with Gasteiger partial charge in [0.1, 0.15) is 0 Å². The highest BCUT2D eigenvalue weighted by Crippen LogP contribution is 2.44. The summed E-state index contributed by atoms with van der Waals surface area (Å²) in [5.41, 5.74) is 6.08. The molecule has 3 heterocycles. The Labute approximate surface area is 222 Å². The van der Waals surface area contributed by atoms with E-state index < -0.39 is 0 Å². The van der Waals surface area contributed by atoms with Gasteiger partial charge in [0.15, 0.2) is 5.13 Å². The monoisotopic (exact) mass is 533 g/mol. The van der Waals surface area contributed by atoms with E-state index >= 15 is 0 Å². The predicted molar refractivity (Wildman–Crippen MR) is 144 cm³/mol. The van der Waals surface area contributed by atoms with E-state index in [0.717, 1.165) is 45.9 Å². The summed E-state index contributed by atoms with van der Waals surface area (Å²) in [5, 5.41) is 8.85. The Morgan fingerprint density at radius 3 is 2.59 bits per heavy atom. The van der Waals surface area contributed by atoms with Crippen LogP contribution in [-0.2, 0) is 22.4 Å². The number of halogens is 1. The van der Waals surface area contributed by atoms with Crippen LogP contribution in [0.4, 0.5) is 5.13 Å². The van der Waals surface area contributed by atoms with Crippen LogP contribution >= 0.6 is 22.9 Å². The molecule has 0 radical (unpaired) electrons. The summed E-state index contributed by atoms with van der Waals surface area (Å²) >= 11 is 8.26. The lowest BCUT2D eigenvalue weighted by Gasteiger charge is -2.27. The highest BCUT2D eigenvalue weighted by molar-refractivity contribution is 7.19. The van der Waals surface area contributed by atoms with Crippen LogP contribution in [0, 0.1) is 0 Å². The predicted octanol–water partition coefficient (Wildman–Crippen LogP) is 4.85. The lowest BCUT2D eigenvalue weighted by molar-refractivity contribution is -0.114. The molecule has 2 aliphatic rings. The maximum absolute atomic E-state index is 13.0. The molecule has 10 heteroatoms. The molecule has 2 aromatic carbocycles. The SMILES string of the molecule is CC(=O)Nc1nc2c(s1)-c1c(c(-c3ccccc3)nn1-c1ccc(C(=O)N3CCOCC3)cc1Cl)CC2. The first-order valence-corrected chi connectivity index (χ1v) is 13.3. The van der Waals surface area contributed by atoms with Crippen LogP contribution in [0.1, 0.15) is 28.5 Å². The fourth-order valence-corrected chi connectivity index (χ4v) is 6.21. The van der Waals surface area contributed by atoms with Crippen molar-refractivity contribution in [2.75, 3.05) is 31.6 Å². The molecule has 1 fully saturated rings. The number of carbonyl (C=O) groups excluding carboxylic acids is 2. The molecule has 4 aromatic rings. The van der Waals surface area contributed by atoms with E-state index in [4.69, 9.17) is 21.4 Å². The van der Waals surface area contributed by atoms with E-state index in [9.17, 15) is 9.59 Å². The number of hydrogen-bond acceptors (Lipinski definition) is 6. The third-order valence-corrected chi connectivity index (χ3v) is 7.88. The molecule has 0 unspecified atom stereocenters.